The lowest BCUT2D eigenvalue weighted by atomic mass is 9.85. The van der Waals surface area contributed by atoms with Crippen LogP contribution in [0.1, 0.15) is 51.3 Å². The smallest absolute Gasteiger partial charge is 0.260 e. The first kappa shape index (κ1) is 23.3. The predicted octanol–water partition coefficient (Wildman–Crippen LogP) is 4.93. The average molecular weight is 427 g/mol. The van der Waals surface area contributed by atoms with Crippen molar-refractivity contribution < 1.29 is 13.9 Å². The van der Waals surface area contributed by atoms with Crippen LogP contribution >= 0.6 is 0 Å². The van der Waals surface area contributed by atoms with Crippen LogP contribution in [0.5, 0.6) is 5.75 Å². The third-order valence-corrected chi connectivity index (χ3v) is 6.03. The van der Waals surface area contributed by atoms with Crippen LogP contribution < -0.4 is 4.74 Å². The van der Waals surface area contributed by atoms with Crippen molar-refractivity contribution in [3.63, 3.8) is 0 Å². The van der Waals surface area contributed by atoms with E-state index in [2.05, 4.69) is 52.5 Å². The molecule has 1 fully saturated rings. The highest BCUT2D eigenvalue weighted by Crippen LogP contribution is 2.32. The number of aryl methyl sites for hydroxylation is 1. The van der Waals surface area contributed by atoms with E-state index in [1.54, 1.807) is 0 Å². The van der Waals surface area contributed by atoms with Gasteiger partial charge in [0.1, 0.15) is 11.6 Å². The fourth-order valence-electron chi connectivity index (χ4n) is 4.17. The molecule has 2 atom stereocenters. The first-order valence-corrected chi connectivity index (χ1v) is 11.1. The summed E-state index contributed by atoms with van der Waals surface area (Å²) < 4.78 is 19.2. The SMILES string of the molecule is Cc1ccc(OCC(=O)N2C[C@H](C)N(Cc3ccc(F)cc3)C[C@H]2C)c(C(C)(C)C)c1. The minimum atomic E-state index is -0.219. The third kappa shape index (κ3) is 5.85. The molecule has 1 saturated heterocycles. The number of carbonyl (C=O) groups excluding carboxylic acids is 1. The number of nitrogens with zero attached hydrogens (tertiary/aromatic N) is 2. The number of hydrogen-bond donors (Lipinski definition) is 0. The van der Waals surface area contributed by atoms with Crippen molar-refractivity contribution in [2.75, 3.05) is 19.7 Å². The van der Waals surface area contributed by atoms with E-state index in [0.29, 0.717) is 6.54 Å². The number of benzene rings is 2. The Bertz CT molecular complexity index is 905. The highest BCUT2D eigenvalue weighted by molar-refractivity contribution is 5.78. The molecule has 4 nitrogen and oxygen atoms in total. The van der Waals surface area contributed by atoms with Gasteiger partial charge in [0.05, 0.1) is 0 Å². The number of rotatable bonds is 5. The van der Waals surface area contributed by atoms with Gasteiger partial charge in [0, 0.05) is 31.7 Å². The Morgan fingerprint density at radius 1 is 1.06 bits per heavy atom. The van der Waals surface area contributed by atoms with Gasteiger partial charge in [0.2, 0.25) is 0 Å². The fourth-order valence-corrected chi connectivity index (χ4v) is 4.17. The van der Waals surface area contributed by atoms with Crippen LogP contribution in [0.4, 0.5) is 4.39 Å². The van der Waals surface area contributed by atoms with Gasteiger partial charge in [-0.2, -0.15) is 0 Å². The Morgan fingerprint density at radius 2 is 1.74 bits per heavy atom. The maximum Gasteiger partial charge on any atom is 0.260 e. The molecule has 1 aliphatic heterocycles. The van der Waals surface area contributed by atoms with Crippen LogP contribution in [-0.2, 0) is 16.8 Å². The molecule has 0 saturated carbocycles. The Labute approximate surface area is 186 Å². The molecule has 168 valence electrons. The lowest BCUT2D eigenvalue weighted by Crippen LogP contribution is -2.58. The molecule has 31 heavy (non-hydrogen) atoms. The van der Waals surface area contributed by atoms with E-state index in [-0.39, 0.29) is 35.8 Å². The molecular formula is C26H35FN2O2. The summed E-state index contributed by atoms with van der Waals surface area (Å²) in [6, 6.07) is 13.1. The molecule has 2 aromatic carbocycles. The monoisotopic (exact) mass is 426 g/mol. The molecule has 0 spiro atoms. The van der Waals surface area contributed by atoms with Crippen LogP contribution in [0.2, 0.25) is 0 Å². The largest absolute Gasteiger partial charge is 0.483 e. The van der Waals surface area contributed by atoms with Crippen molar-refractivity contribution in [3.8, 4) is 5.75 Å². The highest BCUT2D eigenvalue weighted by atomic mass is 19.1. The molecule has 0 unspecified atom stereocenters. The van der Waals surface area contributed by atoms with Crippen molar-refractivity contribution in [2.24, 2.45) is 0 Å². The summed E-state index contributed by atoms with van der Waals surface area (Å²) in [6.45, 7) is 15.0. The summed E-state index contributed by atoms with van der Waals surface area (Å²) in [5, 5.41) is 0. The summed E-state index contributed by atoms with van der Waals surface area (Å²) in [6.07, 6.45) is 0. The molecule has 0 bridgehead atoms. The lowest BCUT2D eigenvalue weighted by Gasteiger charge is -2.44. The number of hydrogen-bond acceptors (Lipinski definition) is 3. The summed E-state index contributed by atoms with van der Waals surface area (Å²) >= 11 is 0. The zero-order valence-corrected chi connectivity index (χ0v) is 19.6. The van der Waals surface area contributed by atoms with Crippen LogP contribution in [0.25, 0.3) is 0 Å². The fraction of sp³-hybridized carbons (Fsp3) is 0.500. The number of halogens is 1. The number of piperazine rings is 1. The first-order chi connectivity index (χ1) is 14.5. The summed E-state index contributed by atoms with van der Waals surface area (Å²) in [4.78, 5) is 17.3. The van der Waals surface area contributed by atoms with E-state index in [4.69, 9.17) is 4.74 Å². The van der Waals surface area contributed by atoms with Gasteiger partial charge in [0.15, 0.2) is 6.61 Å². The zero-order chi connectivity index (χ0) is 22.8. The molecule has 0 aromatic heterocycles. The Hall–Kier alpha value is -2.40. The number of carbonyl (C=O) groups is 1. The third-order valence-electron chi connectivity index (χ3n) is 6.03. The van der Waals surface area contributed by atoms with Gasteiger partial charge in [-0.25, -0.2) is 4.39 Å². The quantitative estimate of drug-likeness (QED) is 0.680. The van der Waals surface area contributed by atoms with E-state index in [0.717, 1.165) is 30.0 Å². The second-order valence-electron chi connectivity index (χ2n) is 9.84. The summed E-state index contributed by atoms with van der Waals surface area (Å²) in [5.41, 5.74) is 3.32. The second kappa shape index (κ2) is 9.39. The van der Waals surface area contributed by atoms with Crippen molar-refractivity contribution in [1.82, 2.24) is 9.80 Å². The summed E-state index contributed by atoms with van der Waals surface area (Å²) in [7, 11) is 0. The topological polar surface area (TPSA) is 32.8 Å². The molecule has 0 N–H and O–H groups in total. The number of ether oxygens (including phenoxy) is 1. The maximum absolute atomic E-state index is 13.2. The second-order valence-corrected chi connectivity index (χ2v) is 9.84. The zero-order valence-electron chi connectivity index (χ0n) is 19.6. The van der Waals surface area contributed by atoms with Crippen molar-refractivity contribution in [1.29, 1.82) is 0 Å². The summed E-state index contributed by atoms with van der Waals surface area (Å²) in [5.74, 6) is 0.576. The van der Waals surface area contributed by atoms with Crippen LogP contribution in [0.15, 0.2) is 42.5 Å². The van der Waals surface area contributed by atoms with Gasteiger partial charge in [0.25, 0.3) is 5.91 Å². The van der Waals surface area contributed by atoms with E-state index in [1.807, 2.05) is 29.2 Å². The average Bonchev–Trinajstić information content (AvgIpc) is 2.70. The van der Waals surface area contributed by atoms with Gasteiger partial charge < -0.3 is 9.64 Å². The predicted molar refractivity (Wildman–Crippen MR) is 123 cm³/mol. The van der Waals surface area contributed by atoms with Gasteiger partial charge >= 0.3 is 0 Å². The molecule has 1 heterocycles. The van der Waals surface area contributed by atoms with E-state index < -0.39 is 0 Å². The molecule has 2 aromatic rings. The van der Waals surface area contributed by atoms with Gasteiger partial charge in [-0.1, -0.05) is 50.6 Å². The highest BCUT2D eigenvalue weighted by Gasteiger charge is 2.32. The molecule has 1 amide bonds. The molecule has 0 aliphatic carbocycles. The van der Waals surface area contributed by atoms with Gasteiger partial charge in [-0.05, 0) is 55.5 Å². The Kier molecular flexibility index (Phi) is 7.05. The van der Waals surface area contributed by atoms with Crippen molar-refractivity contribution >= 4 is 5.91 Å². The van der Waals surface area contributed by atoms with Crippen LogP contribution in [0, 0.1) is 12.7 Å². The number of amides is 1. The molecule has 5 heteroatoms. The maximum atomic E-state index is 13.2. The van der Waals surface area contributed by atoms with Gasteiger partial charge in [-0.15, -0.1) is 0 Å². The van der Waals surface area contributed by atoms with E-state index >= 15 is 0 Å². The molecule has 0 radical (unpaired) electrons. The van der Waals surface area contributed by atoms with E-state index in [1.165, 1.54) is 17.7 Å². The van der Waals surface area contributed by atoms with Crippen LogP contribution in [-0.4, -0.2) is 47.5 Å². The normalized spacial score (nSPS) is 20.0. The molecular weight excluding hydrogens is 391 g/mol. The molecule has 3 rings (SSSR count). The molecule has 1 aliphatic rings. The van der Waals surface area contributed by atoms with Crippen LogP contribution in [0.3, 0.4) is 0 Å². The van der Waals surface area contributed by atoms with E-state index in [9.17, 15) is 9.18 Å². The standard InChI is InChI=1S/C26H35FN2O2/c1-18-7-12-24(23(13-18)26(4,5)6)31-17-25(30)29-15-19(2)28(14-20(29)3)16-21-8-10-22(27)11-9-21/h7-13,19-20H,14-17H2,1-6H3/t19-,20+/m0/s1. The minimum absolute atomic E-state index is 0.0150. The first-order valence-electron chi connectivity index (χ1n) is 11.1. The minimum Gasteiger partial charge on any atom is -0.483 e. The Morgan fingerprint density at radius 3 is 2.39 bits per heavy atom. The lowest BCUT2D eigenvalue weighted by molar-refractivity contribution is -0.139. The van der Waals surface area contributed by atoms with Crippen molar-refractivity contribution in [3.05, 3.63) is 65.0 Å². The Balaban J connectivity index is 1.61. The van der Waals surface area contributed by atoms with Gasteiger partial charge in [-0.3, -0.25) is 9.69 Å². The van der Waals surface area contributed by atoms with Crippen molar-refractivity contribution in [2.45, 2.75) is 65.6 Å².